The van der Waals surface area contributed by atoms with Crippen LogP contribution >= 0.6 is 0 Å². The van der Waals surface area contributed by atoms with Crippen LogP contribution in [0.4, 0.5) is 5.82 Å². The van der Waals surface area contributed by atoms with E-state index in [-0.39, 0.29) is 0 Å². The quantitative estimate of drug-likeness (QED) is 0.756. The molecular formula is C13H17N3O. The zero-order valence-electron chi connectivity index (χ0n) is 10.1. The highest BCUT2D eigenvalue weighted by Crippen LogP contribution is 2.21. The number of rotatable bonds is 3. The molecule has 90 valence electrons. The Morgan fingerprint density at radius 1 is 1.35 bits per heavy atom. The van der Waals surface area contributed by atoms with Crippen molar-refractivity contribution in [1.82, 2.24) is 10.2 Å². The van der Waals surface area contributed by atoms with Gasteiger partial charge in [0, 0.05) is 12.5 Å². The van der Waals surface area contributed by atoms with Crippen LogP contribution in [0.5, 0.6) is 0 Å². The van der Waals surface area contributed by atoms with Crippen LogP contribution in [-0.2, 0) is 6.42 Å². The van der Waals surface area contributed by atoms with Gasteiger partial charge in [0.15, 0.2) is 0 Å². The minimum absolute atomic E-state index is 0.480. The van der Waals surface area contributed by atoms with Gasteiger partial charge < -0.3 is 10.8 Å². The van der Waals surface area contributed by atoms with Gasteiger partial charge in [-0.05, 0) is 31.0 Å². The fourth-order valence-corrected chi connectivity index (χ4v) is 1.83. The maximum atomic E-state index is 9.80. The predicted molar refractivity (Wildman–Crippen MR) is 68.4 cm³/mol. The van der Waals surface area contributed by atoms with Crippen molar-refractivity contribution in [2.45, 2.75) is 25.9 Å². The number of anilines is 1. The van der Waals surface area contributed by atoms with Crippen molar-refractivity contribution < 1.29 is 5.11 Å². The van der Waals surface area contributed by atoms with Crippen LogP contribution in [0.25, 0.3) is 11.3 Å². The first-order valence-electron chi connectivity index (χ1n) is 5.57. The number of nitrogens with one attached hydrogen (secondary N) is 1. The molecule has 2 rings (SSSR count). The number of hydrogen-bond acceptors (Lipinski definition) is 3. The normalized spacial score (nSPS) is 11.7. The number of aromatic nitrogens is 2. The minimum Gasteiger partial charge on any atom is -0.390 e. The molecule has 0 amide bonds. The molecule has 2 aromatic rings. The molecule has 0 saturated heterocycles. The molecule has 0 unspecified atom stereocenters. The lowest BCUT2D eigenvalue weighted by molar-refractivity contribution is 0.0810. The van der Waals surface area contributed by atoms with Crippen molar-refractivity contribution in [2.24, 2.45) is 0 Å². The van der Waals surface area contributed by atoms with Crippen molar-refractivity contribution in [2.75, 3.05) is 5.73 Å². The van der Waals surface area contributed by atoms with Crippen LogP contribution < -0.4 is 5.73 Å². The highest BCUT2D eigenvalue weighted by molar-refractivity contribution is 5.62. The molecule has 0 fully saturated rings. The van der Waals surface area contributed by atoms with Gasteiger partial charge in [-0.3, -0.25) is 5.10 Å². The standard InChI is InChI=1S/C13H17N3O/c1-13(2,17)8-9-4-3-5-10(6-9)11-7-12(14)16-15-11/h3-7,17H,8H2,1-2H3,(H3,14,15,16). The van der Waals surface area contributed by atoms with Gasteiger partial charge in [0.2, 0.25) is 0 Å². The van der Waals surface area contributed by atoms with Crippen LogP contribution in [0.2, 0.25) is 0 Å². The maximum absolute atomic E-state index is 9.80. The van der Waals surface area contributed by atoms with Gasteiger partial charge in [-0.1, -0.05) is 18.2 Å². The molecule has 0 aliphatic carbocycles. The molecule has 4 nitrogen and oxygen atoms in total. The summed E-state index contributed by atoms with van der Waals surface area (Å²) in [5, 5.41) is 16.6. The summed E-state index contributed by atoms with van der Waals surface area (Å²) in [6.45, 7) is 3.60. The molecule has 0 aliphatic rings. The monoisotopic (exact) mass is 231 g/mol. The number of benzene rings is 1. The second-order valence-electron chi connectivity index (χ2n) is 4.90. The van der Waals surface area contributed by atoms with Gasteiger partial charge >= 0.3 is 0 Å². The summed E-state index contributed by atoms with van der Waals surface area (Å²) in [6, 6.07) is 9.78. The topological polar surface area (TPSA) is 74.9 Å². The summed E-state index contributed by atoms with van der Waals surface area (Å²) >= 11 is 0. The highest BCUT2D eigenvalue weighted by atomic mass is 16.3. The minimum atomic E-state index is -0.703. The molecule has 0 aliphatic heterocycles. The van der Waals surface area contributed by atoms with Crippen molar-refractivity contribution in [3.05, 3.63) is 35.9 Å². The van der Waals surface area contributed by atoms with Crippen molar-refractivity contribution in [1.29, 1.82) is 0 Å². The molecular weight excluding hydrogens is 214 g/mol. The SMILES string of the molecule is CC(C)(O)Cc1cccc(-c2cc(N)n[nH]2)c1. The smallest absolute Gasteiger partial charge is 0.145 e. The lowest BCUT2D eigenvalue weighted by Gasteiger charge is -2.17. The molecule has 0 saturated carbocycles. The molecule has 1 aromatic heterocycles. The summed E-state index contributed by atoms with van der Waals surface area (Å²) in [7, 11) is 0. The van der Waals surface area contributed by atoms with Crippen LogP contribution in [0.15, 0.2) is 30.3 Å². The van der Waals surface area contributed by atoms with Crippen molar-refractivity contribution >= 4 is 5.82 Å². The lowest BCUT2D eigenvalue weighted by Crippen LogP contribution is -2.21. The number of aromatic amines is 1. The second-order valence-corrected chi connectivity index (χ2v) is 4.90. The van der Waals surface area contributed by atoms with E-state index in [1.165, 1.54) is 0 Å². The summed E-state index contributed by atoms with van der Waals surface area (Å²) in [5.74, 6) is 0.480. The third kappa shape index (κ3) is 3.07. The van der Waals surface area contributed by atoms with Gasteiger partial charge in [0.05, 0.1) is 11.3 Å². The van der Waals surface area contributed by atoms with Crippen LogP contribution in [0.1, 0.15) is 19.4 Å². The van der Waals surface area contributed by atoms with Gasteiger partial charge in [-0.25, -0.2) is 0 Å². The van der Waals surface area contributed by atoms with E-state index in [1.54, 1.807) is 19.9 Å². The third-order valence-corrected chi connectivity index (χ3v) is 2.47. The van der Waals surface area contributed by atoms with E-state index in [9.17, 15) is 5.11 Å². The molecule has 0 bridgehead atoms. The Labute approximate surface area is 100 Å². The summed E-state index contributed by atoms with van der Waals surface area (Å²) in [5.41, 5.74) is 7.87. The maximum Gasteiger partial charge on any atom is 0.145 e. The average molecular weight is 231 g/mol. The van der Waals surface area contributed by atoms with Crippen molar-refractivity contribution in [3.8, 4) is 11.3 Å². The first kappa shape index (κ1) is 11.7. The van der Waals surface area contributed by atoms with E-state index in [0.29, 0.717) is 12.2 Å². The van der Waals surface area contributed by atoms with Gasteiger partial charge in [0.1, 0.15) is 5.82 Å². The Balaban J connectivity index is 2.29. The van der Waals surface area contributed by atoms with Gasteiger partial charge in [-0.15, -0.1) is 0 Å². The first-order chi connectivity index (χ1) is 7.94. The van der Waals surface area contributed by atoms with Crippen LogP contribution in [-0.4, -0.2) is 20.9 Å². The Hall–Kier alpha value is -1.81. The number of aliphatic hydroxyl groups is 1. The second kappa shape index (κ2) is 4.22. The number of nitrogens with two attached hydrogens (primary N) is 1. The fraction of sp³-hybridized carbons (Fsp3) is 0.308. The molecule has 4 heteroatoms. The molecule has 1 heterocycles. The molecule has 4 N–H and O–H groups in total. The molecule has 0 spiro atoms. The Morgan fingerprint density at radius 2 is 2.12 bits per heavy atom. The Kier molecular flexibility index (Phi) is 2.90. The van der Waals surface area contributed by atoms with E-state index < -0.39 is 5.60 Å². The van der Waals surface area contributed by atoms with Gasteiger partial charge in [-0.2, -0.15) is 5.10 Å². The first-order valence-corrected chi connectivity index (χ1v) is 5.57. The molecule has 0 radical (unpaired) electrons. The van der Waals surface area contributed by atoms with Crippen LogP contribution in [0.3, 0.4) is 0 Å². The Morgan fingerprint density at radius 3 is 2.71 bits per heavy atom. The number of H-pyrrole nitrogens is 1. The molecule has 1 aromatic carbocycles. The van der Waals surface area contributed by atoms with Crippen LogP contribution in [0, 0.1) is 0 Å². The molecule has 17 heavy (non-hydrogen) atoms. The summed E-state index contributed by atoms with van der Waals surface area (Å²) in [6.07, 6.45) is 0.616. The third-order valence-electron chi connectivity index (χ3n) is 2.47. The van der Waals surface area contributed by atoms with E-state index in [1.807, 2.05) is 24.3 Å². The largest absolute Gasteiger partial charge is 0.390 e. The van der Waals surface area contributed by atoms with E-state index in [4.69, 9.17) is 5.73 Å². The lowest BCUT2D eigenvalue weighted by atomic mass is 9.97. The molecule has 0 atom stereocenters. The van der Waals surface area contributed by atoms with Gasteiger partial charge in [0.25, 0.3) is 0 Å². The number of nitrogen functional groups attached to an aromatic ring is 1. The average Bonchev–Trinajstić information content (AvgIpc) is 2.63. The number of nitrogens with zero attached hydrogens (tertiary/aromatic N) is 1. The predicted octanol–water partition coefficient (Wildman–Crippen LogP) is 1.97. The summed E-state index contributed by atoms with van der Waals surface area (Å²) in [4.78, 5) is 0. The summed E-state index contributed by atoms with van der Waals surface area (Å²) < 4.78 is 0. The Bertz CT molecular complexity index is 511. The van der Waals surface area contributed by atoms with E-state index in [2.05, 4.69) is 10.2 Å². The van der Waals surface area contributed by atoms with E-state index >= 15 is 0 Å². The fourth-order valence-electron chi connectivity index (χ4n) is 1.83. The highest BCUT2D eigenvalue weighted by Gasteiger charge is 2.13. The number of hydrogen-bond donors (Lipinski definition) is 3. The zero-order chi connectivity index (χ0) is 12.5. The van der Waals surface area contributed by atoms with E-state index in [0.717, 1.165) is 16.8 Å². The zero-order valence-corrected chi connectivity index (χ0v) is 10.1. The van der Waals surface area contributed by atoms with Crippen molar-refractivity contribution in [3.63, 3.8) is 0 Å².